The summed E-state index contributed by atoms with van der Waals surface area (Å²) in [5.74, 6) is -0.278. The molecule has 0 spiro atoms. The Morgan fingerprint density at radius 1 is 1.69 bits per heavy atom. The number of ether oxygens (including phenoxy) is 2. The van der Waals surface area contributed by atoms with E-state index in [2.05, 4.69) is 14.8 Å². The molecular weight excluding hydrogens is 174 g/mol. The van der Waals surface area contributed by atoms with Crippen molar-refractivity contribution in [1.29, 1.82) is 0 Å². The predicted octanol–water partition coefficient (Wildman–Crippen LogP) is 0.438. The van der Waals surface area contributed by atoms with Gasteiger partial charge >= 0.3 is 6.16 Å². The summed E-state index contributed by atoms with van der Waals surface area (Å²) in [6, 6.07) is 0. The molecule has 0 radical (unpaired) electrons. The number of carbonyl (C=O) groups is 2. The number of amides is 1. The van der Waals surface area contributed by atoms with Gasteiger partial charge in [0.2, 0.25) is 6.10 Å². The summed E-state index contributed by atoms with van der Waals surface area (Å²) in [5.41, 5.74) is 0. The molecule has 0 aromatic rings. The maximum Gasteiger partial charge on any atom is 0.509 e. The molecule has 1 aliphatic rings. The minimum atomic E-state index is -0.768. The standard InChI is InChI=1S/C8H13NO4/c1-2-3-4-9-7(10)6-5-12-8(11)13-6/h6H,2-5H2,1H3,(H,9,10)/t6-/m1/s1. The lowest BCUT2D eigenvalue weighted by atomic mass is 10.3. The summed E-state index contributed by atoms with van der Waals surface area (Å²) in [5, 5.41) is 2.65. The maximum absolute atomic E-state index is 11.2. The number of nitrogens with one attached hydrogen (secondary N) is 1. The van der Waals surface area contributed by atoms with Crippen LogP contribution in [0.2, 0.25) is 0 Å². The first-order valence-electron chi connectivity index (χ1n) is 4.35. The van der Waals surface area contributed by atoms with Crippen LogP contribution in [0.15, 0.2) is 0 Å². The first kappa shape index (κ1) is 9.83. The lowest BCUT2D eigenvalue weighted by molar-refractivity contribution is -0.127. The van der Waals surface area contributed by atoms with E-state index in [0.29, 0.717) is 6.54 Å². The van der Waals surface area contributed by atoms with E-state index in [-0.39, 0.29) is 12.5 Å². The van der Waals surface area contributed by atoms with E-state index in [9.17, 15) is 9.59 Å². The highest BCUT2D eigenvalue weighted by molar-refractivity contribution is 5.84. The second-order valence-electron chi connectivity index (χ2n) is 2.81. The Labute approximate surface area is 76.4 Å². The fourth-order valence-electron chi connectivity index (χ4n) is 0.959. The molecule has 0 aromatic heterocycles. The molecule has 1 rings (SSSR count). The van der Waals surface area contributed by atoms with Gasteiger partial charge in [0.15, 0.2) is 0 Å². The minimum absolute atomic E-state index is 0.0246. The molecule has 5 heteroatoms. The minimum Gasteiger partial charge on any atom is -0.430 e. The molecule has 1 heterocycles. The lowest BCUT2D eigenvalue weighted by Gasteiger charge is -2.06. The van der Waals surface area contributed by atoms with Crippen molar-refractivity contribution in [2.24, 2.45) is 0 Å². The van der Waals surface area contributed by atoms with E-state index >= 15 is 0 Å². The summed E-state index contributed by atoms with van der Waals surface area (Å²) >= 11 is 0. The third kappa shape index (κ3) is 2.93. The van der Waals surface area contributed by atoms with Crippen LogP contribution >= 0.6 is 0 Å². The molecule has 0 bridgehead atoms. The predicted molar refractivity (Wildman–Crippen MR) is 44.1 cm³/mol. The van der Waals surface area contributed by atoms with E-state index in [4.69, 9.17) is 0 Å². The molecule has 0 aromatic carbocycles. The van der Waals surface area contributed by atoms with Gasteiger partial charge in [-0.05, 0) is 6.42 Å². The molecule has 1 amide bonds. The zero-order valence-corrected chi connectivity index (χ0v) is 7.54. The molecule has 1 aliphatic heterocycles. The van der Waals surface area contributed by atoms with E-state index in [1.54, 1.807) is 0 Å². The van der Waals surface area contributed by atoms with E-state index in [1.807, 2.05) is 6.92 Å². The fraction of sp³-hybridized carbons (Fsp3) is 0.750. The van der Waals surface area contributed by atoms with Crippen LogP contribution in [-0.4, -0.2) is 31.3 Å². The SMILES string of the molecule is CCCCNC(=O)[C@H]1COC(=O)O1. The van der Waals surface area contributed by atoms with Gasteiger partial charge in [0.25, 0.3) is 5.91 Å². The number of hydrogen-bond donors (Lipinski definition) is 1. The molecule has 1 fully saturated rings. The van der Waals surface area contributed by atoms with Gasteiger partial charge in [0, 0.05) is 6.54 Å². The van der Waals surface area contributed by atoms with Crippen LogP contribution in [0.3, 0.4) is 0 Å². The highest BCUT2D eigenvalue weighted by Crippen LogP contribution is 2.05. The van der Waals surface area contributed by atoms with Crippen molar-refractivity contribution in [2.45, 2.75) is 25.9 Å². The van der Waals surface area contributed by atoms with Crippen molar-refractivity contribution in [3.05, 3.63) is 0 Å². The molecule has 1 saturated heterocycles. The van der Waals surface area contributed by atoms with Gasteiger partial charge in [-0.3, -0.25) is 4.79 Å². The molecule has 5 nitrogen and oxygen atoms in total. The van der Waals surface area contributed by atoms with Crippen LogP contribution in [0, 0.1) is 0 Å². The van der Waals surface area contributed by atoms with Gasteiger partial charge in [-0.25, -0.2) is 4.79 Å². The molecule has 0 unspecified atom stereocenters. The lowest BCUT2D eigenvalue weighted by Crippen LogP contribution is -2.36. The second kappa shape index (κ2) is 4.69. The van der Waals surface area contributed by atoms with Crippen molar-refractivity contribution < 1.29 is 19.1 Å². The first-order chi connectivity index (χ1) is 6.24. The maximum atomic E-state index is 11.2. The number of unbranched alkanes of at least 4 members (excludes halogenated alkanes) is 1. The van der Waals surface area contributed by atoms with E-state index in [1.165, 1.54) is 0 Å². The molecule has 13 heavy (non-hydrogen) atoms. The molecule has 0 saturated carbocycles. The molecule has 74 valence electrons. The van der Waals surface area contributed by atoms with Gasteiger partial charge in [0.05, 0.1) is 0 Å². The van der Waals surface area contributed by atoms with Crippen LogP contribution in [0.1, 0.15) is 19.8 Å². The Morgan fingerprint density at radius 3 is 3.00 bits per heavy atom. The normalized spacial score (nSPS) is 20.7. The highest BCUT2D eigenvalue weighted by atomic mass is 16.8. The average Bonchev–Trinajstić information content (AvgIpc) is 2.52. The summed E-state index contributed by atoms with van der Waals surface area (Å²) in [7, 11) is 0. The van der Waals surface area contributed by atoms with E-state index < -0.39 is 12.3 Å². The Balaban J connectivity index is 2.20. The second-order valence-corrected chi connectivity index (χ2v) is 2.81. The quantitative estimate of drug-likeness (QED) is 0.512. The summed E-state index contributed by atoms with van der Waals surface area (Å²) in [6.45, 7) is 2.67. The van der Waals surface area contributed by atoms with E-state index in [0.717, 1.165) is 12.8 Å². The van der Waals surface area contributed by atoms with Crippen LogP contribution in [-0.2, 0) is 14.3 Å². The zero-order chi connectivity index (χ0) is 9.68. The molecule has 1 atom stereocenters. The molecular formula is C8H13NO4. The highest BCUT2D eigenvalue weighted by Gasteiger charge is 2.30. The van der Waals surface area contributed by atoms with Crippen LogP contribution in [0.4, 0.5) is 4.79 Å². The smallest absolute Gasteiger partial charge is 0.430 e. The van der Waals surface area contributed by atoms with Crippen LogP contribution in [0.25, 0.3) is 0 Å². The largest absolute Gasteiger partial charge is 0.509 e. The summed E-state index contributed by atoms with van der Waals surface area (Å²) in [6.07, 6.45) is 0.411. The topological polar surface area (TPSA) is 64.6 Å². The number of cyclic esters (lactones) is 2. The molecule has 1 N–H and O–H groups in total. The monoisotopic (exact) mass is 187 g/mol. The Kier molecular flexibility index (Phi) is 3.54. The van der Waals surface area contributed by atoms with Crippen LogP contribution < -0.4 is 5.32 Å². The Bertz CT molecular complexity index is 204. The van der Waals surface area contributed by atoms with Crippen molar-refractivity contribution >= 4 is 12.1 Å². The van der Waals surface area contributed by atoms with Gasteiger partial charge in [0.1, 0.15) is 6.61 Å². The average molecular weight is 187 g/mol. The number of hydrogen-bond acceptors (Lipinski definition) is 4. The Hall–Kier alpha value is -1.26. The Morgan fingerprint density at radius 2 is 2.46 bits per heavy atom. The zero-order valence-electron chi connectivity index (χ0n) is 7.54. The van der Waals surface area contributed by atoms with Gasteiger partial charge < -0.3 is 14.8 Å². The van der Waals surface area contributed by atoms with Gasteiger partial charge in [-0.15, -0.1) is 0 Å². The third-order valence-electron chi connectivity index (χ3n) is 1.71. The first-order valence-corrected chi connectivity index (χ1v) is 4.35. The van der Waals surface area contributed by atoms with Crippen molar-refractivity contribution in [3.8, 4) is 0 Å². The third-order valence-corrected chi connectivity index (χ3v) is 1.71. The number of rotatable bonds is 4. The van der Waals surface area contributed by atoms with Crippen LogP contribution in [0.5, 0.6) is 0 Å². The summed E-state index contributed by atoms with van der Waals surface area (Å²) < 4.78 is 9.05. The van der Waals surface area contributed by atoms with Gasteiger partial charge in [-0.2, -0.15) is 0 Å². The summed E-state index contributed by atoms with van der Waals surface area (Å²) in [4.78, 5) is 21.7. The van der Waals surface area contributed by atoms with Crippen molar-refractivity contribution in [2.75, 3.05) is 13.2 Å². The van der Waals surface area contributed by atoms with Gasteiger partial charge in [-0.1, -0.05) is 13.3 Å². The fourth-order valence-corrected chi connectivity index (χ4v) is 0.959. The van der Waals surface area contributed by atoms with Crippen molar-refractivity contribution in [3.63, 3.8) is 0 Å². The van der Waals surface area contributed by atoms with Crippen molar-refractivity contribution in [1.82, 2.24) is 5.32 Å². The number of carbonyl (C=O) groups excluding carboxylic acids is 2. The molecule has 0 aliphatic carbocycles.